The SMILES string of the molecule is COC1[C@H](OC)OC(COS(=O)(=O)O)[C@@H](O[C@@H]2OC(COS(=O)(=O)O)[C@@H](O[C@H]3OC(COS(=O)(=O)O)[C@@H](OSOOO)C(OSOOO)C3OSOOO)C(OSOOO)C2OS(=O)(=O)O)[C@@H]1OC. The molecule has 40 nitrogen and oxygen atoms in total. The van der Waals surface area contributed by atoms with Gasteiger partial charge in [0.15, 0.2) is 80.4 Å². The molecule has 0 bridgehead atoms. The average Bonchev–Trinajstić information content (AvgIpc) is 3.26. The van der Waals surface area contributed by atoms with Crippen molar-refractivity contribution in [3.05, 3.63) is 0 Å². The summed E-state index contributed by atoms with van der Waals surface area (Å²) in [4.78, 5) is 0. The molecule has 0 aromatic carbocycles. The summed E-state index contributed by atoms with van der Waals surface area (Å²) in [7, 11) is -18.8. The minimum Gasteiger partial charge on any atom is -0.376 e. The predicted molar refractivity (Wildman–Crippen MR) is 202 cm³/mol. The molecule has 0 amide bonds. The van der Waals surface area contributed by atoms with Crippen LogP contribution in [0.1, 0.15) is 0 Å². The van der Waals surface area contributed by atoms with Crippen LogP contribution < -0.4 is 0 Å². The van der Waals surface area contributed by atoms with E-state index in [2.05, 4.69) is 50.0 Å². The van der Waals surface area contributed by atoms with Crippen LogP contribution in [-0.2, 0) is 150 Å². The van der Waals surface area contributed by atoms with E-state index >= 15 is 0 Å². The van der Waals surface area contributed by atoms with Gasteiger partial charge in [0.2, 0.25) is 0 Å². The van der Waals surface area contributed by atoms with Gasteiger partial charge >= 0.3 is 41.6 Å². The lowest BCUT2D eigenvalue weighted by atomic mass is 9.96. The highest BCUT2D eigenvalue weighted by molar-refractivity contribution is 7.90. The topological polar surface area (TPSA) is 520 Å². The lowest BCUT2D eigenvalue weighted by molar-refractivity contribution is -0.437. The minimum atomic E-state index is -5.83. The highest BCUT2D eigenvalue weighted by Gasteiger charge is 2.59. The van der Waals surface area contributed by atoms with E-state index in [0.29, 0.717) is 0 Å². The first-order chi connectivity index (χ1) is 32.4. The molecule has 410 valence electrons. The number of rotatable bonds is 34. The maximum atomic E-state index is 12.5. The molecule has 3 aliphatic heterocycles. The van der Waals surface area contributed by atoms with Crippen LogP contribution in [0.25, 0.3) is 0 Å². The summed E-state index contributed by atoms with van der Waals surface area (Å²) in [5.74, 6) is 0. The van der Waals surface area contributed by atoms with Crippen LogP contribution in [0.2, 0.25) is 0 Å². The van der Waals surface area contributed by atoms with Gasteiger partial charge in [-0.1, -0.05) is 20.2 Å². The fourth-order valence-electron chi connectivity index (χ4n) is 6.04. The van der Waals surface area contributed by atoms with E-state index < -0.39 is 166 Å². The van der Waals surface area contributed by atoms with E-state index in [4.69, 9.17) is 79.8 Å². The van der Waals surface area contributed by atoms with Crippen LogP contribution >= 0.6 is 49.3 Å². The Labute approximate surface area is 404 Å². The molecule has 8 N–H and O–H groups in total. The van der Waals surface area contributed by atoms with Crippen molar-refractivity contribution in [3.8, 4) is 0 Å². The Balaban J connectivity index is 2.31. The Morgan fingerprint density at radius 2 is 0.725 bits per heavy atom. The van der Waals surface area contributed by atoms with Crippen LogP contribution in [-0.4, -0.2) is 206 Å². The lowest BCUT2D eigenvalue weighted by Crippen LogP contribution is -2.68. The van der Waals surface area contributed by atoms with Gasteiger partial charge in [0.25, 0.3) is 0 Å². The van der Waals surface area contributed by atoms with Crippen LogP contribution in [0.4, 0.5) is 0 Å². The van der Waals surface area contributed by atoms with E-state index in [9.17, 15) is 51.9 Å². The molecule has 15 atom stereocenters. The summed E-state index contributed by atoms with van der Waals surface area (Å²) < 4.78 is 236. The van der Waals surface area contributed by atoms with Gasteiger partial charge in [-0.15, -0.1) is 17.3 Å². The first-order valence-corrected chi connectivity index (χ1v) is 25.1. The van der Waals surface area contributed by atoms with Crippen molar-refractivity contribution in [3.63, 3.8) is 0 Å². The third-order valence-corrected chi connectivity index (χ3v) is 11.8. The number of hydrogen-bond donors (Lipinski definition) is 8. The summed E-state index contributed by atoms with van der Waals surface area (Å²) >= 11 is -1.27. The smallest absolute Gasteiger partial charge is 0.376 e. The number of ether oxygens (including phenoxy) is 8. The Morgan fingerprint density at radius 3 is 1.09 bits per heavy atom. The molecule has 3 fully saturated rings. The van der Waals surface area contributed by atoms with Crippen LogP contribution in [0.15, 0.2) is 0 Å². The van der Waals surface area contributed by atoms with Crippen molar-refractivity contribution in [1.29, 1.82) is 0 Å². The Bertz CT molecular complexity index is 1920. The average molecular weight is 1190 g/mol. The monoisotopic (exact) mass is 1190 g/mol. The molecular formula is C21H38O40S8. The van der Waals surface area contributed by atoms with Gasteiger partial charge in [-0.05, 0) is 0 Å². The van der Waals surface area contributed by atoms with Crippen molar-refractivity contribution in [2.45, 2.75) is 92.1 Å². The second-order valence-electron chi connectivity index (χ2n) is 12.2. The summed E-state index contributed by atoms with van der Waals surface area (Å²) in [6.07, 6.45) is -31.1. The van der Waals surface area contributed by atoms with E-state index in [1.54, 1.807) is 0 Å². The highest BCUT2D eigenvalue weighted by atomic mass is 32.3. The summed E-state index contributed by atoms with van der Waals surface area (Å²) in [6.45, 7) is -4.01. The predicted octanol–water partition coefficient (Wildman–Crippen LogP) is -2.27. The van der Waals surface area contributed by atoms with Gasteiger partial charge in [0, 0.05) is 21.3 Å². The van der Waals surface area contributed by atoms with E-state index in [0.717, 1.165) is 21.3 Å². The lowest BCUT2D eigenvalue weighted by Gasteiger charge is -2.50. The molecule has 0 radical (unpaired) electrons. The van der Waals surface area contributed by atoms with E-state index in [1.807, 2.05) is 0 Å². The molecule has 3 heterocycles. The summed E-state index contributed by atoms with van der Waals surface area (Å²) in [6, 6.07) is 0. The number of methoxy groups -OCH3 is 3. The first kappa shape index (κ1) is 63.2. The normalized spacial score (nSPS) is 32.9. The fraction of sp³-hybridized carbons (Fsp3) is 1.00. The van der Waals surface area contributed by atoms with Crippen molar-refractivity contribution in [2.24, 2.45) is 0 Å². The largest absolute Gasteiger partial charge is 0.397 e. The molecule has 8 unspecified atom stereocenters. The second-order valence-corrected chi connectivity index (χ2v) is 18.4. The molecule has 0 aromatic rings. The molecule has 3 saturated heterocycles. The van der Waals surface area contributed by atoms with E-state index in [-0.39, 0.29) is 37.0 Å². The van der Waals surface area contributed by atoms with Gasteiger partial charge in [-0.25, -0.2) is 37.8 Å². The molecule has 3 rings (SSSR count). The Kier molecular flexibility index (Phi) is 27.9. The van der Waals surface area contributed by atoms with Gasteiger partial charge in [0.1, 0.15) is 61.0 Å². The zero-order valence-corrected chi connectivity index (χ0v) is 40.2. The van der Waals surface area contributed by atoms with Crippen LogP contribution in [0, 0.1) is 0 Å². The van der Waals surface area contributed by atoms with E-state index in [1.165, 1.54) is 0 Å². The van der Waals surface area contributed by atoms with Crippen molar-refractivity contribution < 1.29 is 182 Å². The molecular weight excluding hydrogens is 1150 g/mol. The molecule has 0 spiro atoms. The van der Waals surface area contributed by atoms with Gasteiger partial charge in [-0.3, -0.25) is 34.9 Å². The highest BCUT2D eigenvalue weighted by Crippen LogP contribution is 2.41. The molecule has 0 saturated carbocycles. The van der Waals surface area contributed by atoms with Crippen molar-refractivity contribution in [2.75, 3.05) is 41.2 Å². The maximum Gasteiger partial charge on any atom is 0.397 e. The number of hydrogen-bond acceptors (Lipinski definition) is 40. The minimum absolute atomic E-state index is 0.252. The first-order valence-electron chi connectivity index (χ1n) is 17.0. The fourth-order valence-corrected chi connectivity index (χ4v) is 8.90. The molecule has 48 heteroatoms. The molecule has 3 aliphatic rings. The van der Waals surface area contributed by atoms with Crippen molar-refractivity contribution >= 4 is 90.9 Å². The van der Waals surface area contributed by atoms with Gasteiger partial charge in [0.05, 0.1) is 19.8 Å². The van der Waals surface area contributed by atoms with Gasteiger partial charge in [-0.2, -0.15) is 33.7 Å². The third kappa shape index (κ3) is 21.6. The zero-order valence-electron chi connectivity index (χ0n) is 33.7. The summed E-state index contributed by atoms with van der Waals surface area (Å²) in [5, 5.41) is 48.9. The Hall–Kier alpha value is -0.0800. The van der Waals surface area contributed by atoms with Crippen LogP contribution in [0.3, 0.4) is 0 Å². The second kappa shape index (κ2) is 30.5. The van der Waals surface area contributed by atoms with Crippen molar-refractivity contribution in [1.82, 2.24) is 0 Å². The maximum absolute atomic E-state index is 12.5. The van der Waals surface area contributed by atoms with Gasteiger partial charge < -0.3 is 37.9 Å². The molecule has 0 aliphatic carbocycles. The van der Waals surface area contributed by atoms with Crippen LogP contribution in [0.5, 0.6) is 0 Å². The zero-order chi connectivity index (χ0) is 51.6. The standard InChI is InChI=1S/C21H38O40S8/c1-38-13-10(7(4-41-66(26,27)28)44-19(40-3)16(13)39-2)47-21-18(53-69(35,36)37)14(50-63-59-55-23)11(8(45-21)5-42-67(29,30)31)48-20-17(52-65-61-57-25)15(51-64-60-56-24)12(49-62-58-54-22)9(46-20)6-43-68(32,33)34/h7-25H,4-6H2,1-3H3,(H,26,27,28)(H,29,30,31)(H,32,33,34)(H,35,36,37)/t7?,8?,9?,10-,11-,12-,13+,14?,15?,16?,17?,18?,19-,20-,21+/m1/s1. The third-order valence-electron chi connectivity index (χ3n) is 8.34. The molecule has 0 aromatic heterocycles. The molecule has 69 heavy (non-hydrogen) atoms. The summed E-state index contributed by atoms with van der Waals surface area (Å²) in [5.41, 5.74) is 0. The Morgan fingerprint density at radius 1 is 0.391 bits per heavy atom. The quantitative estimate of drug-likeness (QED) is 0.0111.